The average Bonchev–Trinajstić information content (AvgIpc) is 2.85. The largest absolute Gasteiger partial charge is 0.378 e. The highest BCUT2D eigenvalue weighted by molar-refractivity contribution is 5.80. The van der Waals surface area contributed by atoms with Gasteiger partial charge in [-0.05, 0) is 23.8 Å². The van der Waals surface area contributed by atoms with Crippen LogP contribution in [-0.4, -0.2) is 66.5 Å². The number of aromatic nitrogens is 3. The first kappa shape index (κ1) is 22.9. The molecule has 4 rings (SSSR count). The van der Waals surface area contributed by atoms with Gasteiger partial charge in [0.15, 0.2) is 0 Å². The average molecular weight is 464 g/mol. The molecule has 0 saturated carbocycles. The van der Waals surface area contributed by atoms with Crippen molar-refractivity contribution in [2.75, 3.05) is 60.9 Å². The highest BCUT2D eigenvalue weighted by atomic mass is 16.6. The molecule has 3 aromatic rings. The Hall–Kier alpha value is -4.32. The van der Waals surface area contributed by atoms with Crippen molar-refractivity contribution in [3.8, 4) is 0 Å². The minimum atomic E-state index is -0.454. The summed E-state index contributed by atoms with van der Waals surface area (Å²) in [7, 11) is 3.97. The first-order chi connectivity index (χ1) is 16.5. The normalized spacial score (nSPS) is 13.6. The van der Waals surface area contributed by atoms with Crippen LogP contribution in [0.4, 0.5) is 34.9 Å². The van der Waals surface area contributed by atoms with E-state index in [1.807, 2.05) is 48.2 Å². The molecule has 2 heterocycles. The van der Waals surface area contributed by atoms with Crippen molar-refractivity contribution in [1.29, 1.82) is 0 Å². The third kappa shape index (κ3) is 5.92. The van der Waals surface area contributed by atoms with Gasteiger partial charge >= 0.3 is 0 Å². The predicted octanol–water partition coefficient (Wildman–Crippen LogP) is 2.87. The summed E-state index contributed by atoms with van der Waals surface area (Å²) in [5, 5.41) is 18.4. The number of benzene rings is 2. The lowest BCUT2D eigenvalue weighted by molar-refractivity contribution is -0.384. The number of nitrogens with one attached hydrogen (secondary N) is 2. The fraction of sp³-hybridized carbons (Fsp3) is 0.273. The second-order valence-corrected chi connectivity index (χ2v) is 7.67. The third-order valence-corrected chi connectivity index (χ3v) is 5.02. The summed E-state index contributed by atoms with van der Waals surface area (Å²) in [4.78, 5) is 28.0. The SMILES string of the molecule is CN(C)c1ccc(/C=N/Nc2nc(Nc3cccc([N+](=O)[O-])c3)nc(N3CCOCC3)n2)cc1. The maximum atomic E-state index is 11.1. The third-order valence-electron chi connectivity index (χ3n) is 5.02. The Morgan fingerprint density at radius 1 is 1.09 bits per heavy atom. The molecule has 2 N–H and O–H groups in total. The Balaban J connectivity index is 1.55. The molecule has 1 aliphatic rings. The van der Waals surface area contributed by atoms with Gasteiger partial charge in [0, 0.05) is 50.7 Å². The molecule has 2 aromatic carbocycles. The minimum absolute atomic E-state index is 0.0318. The van der Waals surface area contributed by atoms with Crippen LogP contribution in [-0.2, 0) is 4.74 Å². The van der Waals surface area contributed by atoms with E-state index in [0.717, 1.165) is 11.3 Å². The monoisotopic (exact) mass is 463 g/mol. The van der Waals surface area contributed by atoms with E-state index in [0.29, 0.717) is 37.9 Å². The van der Waals surface area contributed by atoms with Crippen LogP contribution in [0, 0.1) is 10.1 Å². The van der Waals surface area contributed by atoms with Gasteiger partial charge in [-0.3, -0.25) is 10.1 Å². The lowest BCUT2D eigenvalue weighted by Crippen LogP contribution is -2.37. The molecule has 176 valence electrons. The van der Waals surface area contributed by atoms with Crippen LogP contribution in [0.1, 0.15) is 5.56 Å². The summed E-state index contributed by atoms with van der Waals surface area (Å²) >= 11 is 0. The fourth-order valence-corrected chi connectivity index (χ4v) is 3.22. The number of hydrogen-bond donors (Lipinski definition) is 2. The molecule has 0 bridgehead atoms. The molecule has 1 saturated heterocycles. The highest BCUT2D eigenvalue weighted by Crippen LogP contribution is 2.22. The Morgan fingerprint density at radius 3 is 2.53 bits per heavy atom. The number of ether oxygens (including phenoxy) is 1. The maximum absolute atomic E-state index is 11.1. The van der Waals surface area contributed by atoms with Gasteiger partial charge in [0.25, 0.3) is 5.69 Å². The molecule has 1 aromatic heterocycles. The van der Waals surface area contributed by atoms with Crippen LogP contribution >= 0.6 is 0 Å². The van der Waals surface area contributed by atoms with Gasteiger partial charge in [-0.15, -0.1) is 0 Å². The molecule has 12 heteroatoms. The lowest BCUT2D eigenvalue weighted by Gasteiger charge is -2.27. The molecule has 0 spiro atoms. The molecule has 0 amide bonds. The molecule has 0 unspecified atom stereocenters. The number of non-ortho nitro benzene ring substituents is 1. The zero-order valence-corrected chi connectivity index (χ0v) is 18.9. The van der Waals surface area contributed by atoms with Crippen LogP contribution < -0.4 is 20.5 Å². The van der Waals surface area contributed by atoms with Crippen molar-refractivity contribution >= 4 is 41.1 Å². The van der Waals surface area contributed by atoms with E-state index in [1.165, 1.54) is 12.1 Å². The molecular weight excluding hydrogens is 438 g/mol. The van der Waals surface area contributed by atoms with Gasteiger partial charge in [0.2, 0.25) is 17.8 Å². The molecule has 12 nitrogen and oxygen atoms in total. The molecule has 34 heavy (non-hydrogen) atoms. The zero-order valence-electron chi connectivity index (χ0n) is 18.9. The van der Waals surface area contributed by atoms with Crippen LogP contribution in [0.5, 0.6) is 0 Å². The molecule has 1 fully saturated rings. The molecule has 0 aliphatic carbocycles. The first-order valence-electron chi connectivity index (χ1n) is 10.6. The van der Waals surface area contributed by atoms with E-state index in [2.05, 4.69) is 30.8 Å². The fourth-order valence-electron chi connectivity index (χ4n) is 3.22. The van der Waals surface area contributed by atoms with Crippen molar-refractivity contribution in [2.45, 2.75) is 0 Å². The summed E-state index contributed by atoms with van der Waals surface area (Å²) in [6, 6.07) is 14.1. The number of anilines is 5. The van der Waals surface area contributed by atoms with Crippen molar-refractivity contribution < 1.29 is 9.66 Å². The Labute approximate surface area is 196 Å². The standard InChI is InChI=1S/C22H25N9O3/c1-29(2)18-8-6-16(7-9-18)15-23-28-21-25-20(24-17-4-3-5-19(14-17)31(32)33)26-22(27-21)30-10-12-34-13-11-30/h3-9,14-15H,10-13H2,1-2H3,(H2,24,25,26,27,28)/b23-15+. The van der Waals surface area contributed by atoms with Crippen molar-refractivity contribution in [3.05, 3.63) is 64.2 Å². The maximum Gasteiger partial charge on any atom is 0.271 e. The Kier molecular flexibility index (Phi) is 7.08. The minimum Gasteiger partial charge on any atom is -0.378 e. The lowest BCUT2D eigenvalue weighted by atomic mass is 10.2. The number of hydrazone groups is 1. The Bertz CT molecular complexity index is 1160. The number of morpholine rings is 1. The molecule has 1 aliphatic heterocycles. The summed E-state index contributed by atoms with van der Waals surface area (Å²) in [6.45, 7) is 2.43. The number of nitro groups is 1. The van der Waals surface area contributed by atoms with Crippen LogP contribution in [0.2, 0.25) is 0 Å². The van der Waals surface area contributed by atoms with Crippen LogP contribution in [0.25, 0.3) is 0 Å². The highest BCUT2D eigenvalue weighted by Gasteiger charge is 2.17. The van der Waals surface area contributed by atoms with E-state index < -0.39 is 4.92 Å². The van der Waals surface area contributed by atoms with Crippen LogP contribution in [0.3, 0.4) is 0 Å². The number of rotatable bonds is 8. The van der Waals surface area contributed by atoms with Gasteiger partial charge in [-0.25, -0.2) is 5.43 Å². The number of nitrogens with zero attached hydrogens (tertiary/aromatic N) is 7. The second-order valence-electron chi connectivity index (χ2n) is 7.67. The topological polar surface area (TPSA) is 134 Å². The summed E-state index contributed by atoms with van der Waals surface area (Å²) < 4.78 is 5.42. The van der Waals surface area contributed by atoms with E-state index in [1.54, 1.807) is 18.3 Å². The molecular formula is C22H25N9O3. The van der Waals surface area contributed by atoms with Crippen molar-refractivity contribution in [1.82, 2.24) is 15.0 Å². The zero-order chi connectivity index (χ0) is 23.9. The quantitative estimate of drug-likeness (QED) is 0.292. The molecule has 0 atom stereocenters. The van der Waals surface area contributed by atoms with E-state index >= 15 is 0 Å². The van der Waals surface area contributed by atoms with Crippen LogP contribution in [0.15, 0.2) is 53.6 Å². The van der Waals surface area contributed by atoms with Crippen molar-refractivity contribution in [3.63, 3.8) is 0 Å². The van der Waals surface area contributed by atoms with E-state index in [-0.39, 0.29) is 17.6 Å². The van der Waals surface area contributed by atoms with Gasteiger partial charge in [0.05, 0.1) is 24.4 Å². The van der Waals surface area contributed by atoms with E-state index in [9.17, 15) is 10.1 Å². The van der Waals surface area contributed by atoms with E-state index in [4.69, 9.17) is 4.74 Å². The van der Waals surface area contributed by atoms with Crippen molar-refractivity contribution in [2.24, 2.45) is 5.10 Å². The smallest absolute Gasteiger partial charge is 0.271 e. The molecule has 0 radical (unpaired) electrons. The summed E-state index contributed by atoms with van der Waals surface area (Å²) in [6.07, 6.45) is 1.67. The summed E-state index contributed by atoms with van der Waals surface area (Å²) in [5.74, 6) is 0.940. The van der Waals surface area contributed by atoms with Gasteiger partial charge in [-0.2, -0.15) is 20.1 Å². The predicted molar refractivity (Wildman–Crippen MR) is 131 cm³/mol. The number of hydrogen-bond acceptors (Lipinski definition) is 11. The second kappa shape index (κ2) is 10.5. The summed E-state index contributed by atoms with van der Waals surface area (Å²) in [5.41, 5.74) is 5.32. The van der Waals surface area contributed by atoms with Gasteiger partial charge in [-0.1, -0.05) is 18.2 Å². The van der Waals surface area contributed by atoms with Gasteiger partial charge in [0.1, 0.15) is 0 Å². The first-order valence-corrected chi connectivity index (χ1v) is 10.6. The number of nitro benzene ring substituents is 1. The Morgan fingerprint density at radius 2 is 1.82 bits per heavy atom. The van der Waals surface area contributed by atoms with Gasteiger partial charge < -0.3 is 19.9 Å².